The summed E-state index contributed by atoms with van der Waals surface area (Å²) in [7, 11) is 0. The van der Waals surface area contributed by atoms with Gasteiger partial charge in [0.25, 0.3) is 0 Å². The quantitative estimate of drug-likeness (QED) is 0.162. The molecule has 71 heavy (non-hydrogen) atoms. The summed E-state index contributed by atoms with van der Waals surface area (Å²) in [6.45, 7) is 6.77. The van der Waals surface area contributed by atoms with Crippen LogP contribution < -0.4 is 0 Å². The summed E-state index contributed by atoms with van der Waals surface area (Å²) in [5.41, 5.74) is 14.7. The van der Waals surface area contributed by atoms with Crippen LogP contribution in [0.25, 0.3) is 116 Å². The molecule has 0 radical (unpaired) electrons. The number of pyridine rings is 1. The van der Waals surface area contributed by atoms with E-state index in [2.05, 4.69) is 229 Å². The van der Waals surface area contributed by atoms with E-state index in [-0.39, 0.29) is 26.5 Å². The Morgan fingerprint density at radius 2 is 1.15 bits per heavy atom. The van der Waals surface area contributed by atoms with Gasteiger partial charge in [-0.25, -0.2) is 4.98 Å². The van der Waals surface area contributed by atoms with Crippen LogP contribution in [0.2, 0.25) is 0 Å². The van der Waals surface area contributed by atoms with Crippen LogP contribution in [0.3, 0.4) is 0 Å². The SMILES string of the molecule is CC(C)(C)c1cc2ncc1c1cccc(c1)oc1cccc(c1)c1cccc(-c3ccccc3)c1n1[cH-]n(c3[c-]c(ccc3)oc3[c-]c4c(cc3)c3cc(-c5ccccc5)ccc3n24)-c2ccccc2-1.[Pt]. The van der Waals surface area contributed by atoms with Gasteiger partial charge in [0.1, 0.15) is 16.8 Å². The van der Waals surface area contributed by atoms with Crippen LogP contribution in [-0.4, -0.2) is 18.5 Å². The van der Waals surface area contributed by atoms with Gasteiger partial charge in [-0.05, 0) is 108 Å². The third-order valence-electron chi connectivity index (χ3n) is 13.4. The standard InChI is InChI=1S/C64H45N4O2.Pt/c1-64(2,3)57-39-62-65-40-56(57)46-21-13-24-49(35-46)69-48-23-12-20-45(34-48)53-27-15-26-52(43-18-8-5-9-19-43)63(53)67-41-66(59-28-10-11-29-60(59)67)47-22-14-25-50(37-47)70-51-31-32-54-55-36-44(42-16-6-4-7-17-42)30-33-58(55)68(62)61(54)38-51;/h4-36,39-41H,1-3H3;/q-3;. The van der Waals surface area contributed by atoms with Crippen molar-refractivity contribution in [1.29, 1.82) is 0 Å². The summed E-state index contributed by atoms with van der Waals surface area (Å²) in [4.78, 5) is 5.27. The fourth-order valence-electron chi connectivity index (χ4n) is 10.2. The number of imidazole rings is 1. The van der Waals surface area contributed by atoms with Crippen molar-refractivity contribution in [2.75, 3.05) is 0 Å². The Labute approximate surface area is 424 Å². The van der Waals surface area contributed by atoms with E-state index in [1.807, 2.05) is 36.5 Å². The van der Waals surface area contributed by atoms with Crippen LogP contribution in [0.15, 0.2) is 228 Å². The molecule has 1 aliphatic heterocycles. The second-order valence-electron chi connectivity index (χ2n) is 18.9. The molecule has 0 spiro atoms. The van der Waals surface area contributed by atoms with E-state index < -0.39 is 0 Å². The molecule has 5 heterocycles. The zero-order chi connectivity index (χ0) is 46.9. The first-order valence-electron chi connectivity index (χ1n) is 23.7. The maximum absolute atomic E-state index is 6.80. The van der Waals surface area contributed by atoms with Crippen molar-refractivity contribution in [2.45, 2.75) is 26.2 Å². The molecule has 0 saturated carbocycles. The molecule has 0 saturated heterocycles. The first-order chi connectivity index (χ1) is 34.3. The Morgan fingerprint density at radius 3 is 1.90 bits per heavy atom. The summed E-state index contributed by atoms with van der Waals surface area (Å²) in [6, 6.07) is 79.4. The number of hydrogen-bond acceptors (Lipinski definition) is 3. The molecule has 7 heteroatoms. The number of nitrogens with zero attached hydrogens (tertiary/aromatic N) is 4. The second kappa shape index (κ2) is 17.6. The van der Waals surface area contributed by atoms with E-state index in [1.54, 1.807) is 0 Å². The molecule has 6 nitrogen and oxygen atoms in total. The molecule has 14 rings (SSSR count). The number of aromatic nitrogens is 4. The van der Waals surface area contributed by atoms with Gasteiger partial charge in [0.2, 0.25) is 0 Å². The predicted molar refractivity (Wildman–Crippen MR) is 288 cm³/mol. The van der Waals surface area contributed by atoms with Gasteiger partial charge in [0.05, 0.1) is 0 Å². The minimum Gasteiger partial charge on any atom is -0.510 e. The average Bonchev–Trinajstić information content (AvgIpc) is 3.94. The number of para-hydroxylation sites is 3. The van der Waals surface area contributed by atoms with Crippen molar-refractivity contribution in [3.8, 4) is 33.6 Å². The van der Waals surface area contributed by atoms with E-state index in [9.17, 15) is 0 Å². The number of benzene rings is 9. The van der Waals surface area contributed by atoms with Gasteiger partial charge in [-0.2, -0.15) is 24.3 Å². The smallest absolute Gasteiger partial charge is 0.135 e. The van der Waals surface area contributed by atoms with E-state index in [1.165, 1.54) is 0 Å². The van der Waals surface area contributed by atoms with Gasteiger partial charge in [-0.3, -0.25) is 0 Å². The Morgan fingerprint density at radius 1 is 0.493 bits per heavy atom. The number of fused-ring (bicyclic) bond motifs is 5. The average molecular weight is 1100 g/mol. The molecule has 0 atom stereocenters. The number of hydrogen-bond donors (Lipinski definition) is 0. The molecule has 0 N–H and O–H groups in total. The van der Waals surface area contributed by atoms with E-state index in [4.69, 9.17) is 13.8 Å². The van der Waals surface area contributed by atoms with Crippen molar-refractivity contribution in [3.05, 3.63) is 236 Å². The predicted octanol–water partition coefficient (Wildman–Crippen LogP) is 16.9. The summed E-state index contributed by atoms with van der Waals surface area (Å²) >= 11 is 0. The summed E-state index contributed by atoms with van der Waals surface area (Å²) in [5.74, 6) is 0. The first kappa shape index (κ1) is 43.9. The molecule has 0 unspecified atom stereocenters. The normalized spacial score (nSPS) is 11.8. The number of rotatable bonds is 2. The Kier molecular flexibility index (Phi) is 10.9. The van der Waals surface area contributed by atoms with Crippen molar-refractivity contribution < 1.29 is 29.9 Å². The van der Waals surface area contributed by atoms with E-state index in [0.29, 0.717) is 11.2 Å². The van der Waals surface area contributed by atoms with Crippen molar-refractivity contribution in [2.24, 2.45) is 0 Å². The minimum absolute atomic E-state index is 0. The van der Waals surface area contributed by atoms with Crippen LogP contribution in [-0.2, 0) is 26.5 Å². The molecule has 0 fully saturated rings. The molecule has 12 bridgehead atoms. The molecule has 0 aliphatic carbocycles. The maximum atomic E-state index is 6.80. The Hall–Kier alpha value is -8.31. The van der Waals surface area contributed by atoms with Gasteiger partial charge in [0.15, 0.2) is 0 Å². The summed E-state index contributed by atoms with van der Waals surface area (Å²) in [5, 5.41) is 6.30. The maximum Gasteiger partial charge on any atom is 0.135 e. The van der Waals surface area contributed by atoms with Crippen LogP contribution in [0.4, 0.5) is 0 Å². The third-order valence-corrected chi connectivity index (χ3v) is 13.4. The zero-order valence-electron chi connectivity index (χ0n) is 39.2. The monoisotopic (exact) mass is 1100 g/mol. The molecular weight excluding hydrogens is 1050 g/mol. The largest absolute Gasteiger partial charge is 0.510 e. The van der Waals surface area contributed by atoms with Gasteiger partial charge in [-0.1, -0.05) is 166 Å². The third kappa shape index (κ3) is 7.82. The van der Waals surface area contributed by atoms with Crippen LogP contribution >= 0.6 is 0 Å². The van der Waals surface area contributed by atoms with Gasteiger partial charge < -0.3 is 22.4 Å². The van der Waals surface area contributed by atoms with Gasteiger partial charge in [-0.15, -0.1) is 29.1 Å². The molecular formula is C64H45N4O2Pt-3. The summed E-state index contributed by atoms with van der Waals surface area (Å²) < 4.78 is 20.3. The van der Waals surface area contributed by atoms with E-state index in [0.717, 1.165) is 110 Å². The Balaban J connectivity index is 0.00000517. The molecule has 1 aliphatic rings. The van der Waals surface area contributed by atoms with Crippen molar-refractivity contribution in [1.82, 2.24) is 18.5 Å². The Bertz CT molecular complexity index is 4350. The molecule has 346 valence electrons. The first-order valence-corrected chi connectivity index (χ1v) is 23.7. The molecule has 4 aromatic heterocycles. The fourth-order valence-corrected chi connectivity index (χ4v) is 10.2. The van der Waals surface area contributed by atoms with Gasteiger partial charge in [0, 0.05) is 55.7 Å². The van der Waals surface area contributed by atoms with Crippen molar-refractivity contribution in [3.63, 3.8) is 0 Å². The second-order valence-corrected chi connectivity index (χ2v) is 18.9. The van der Waals surface area contributed by atoms with Crippen molar-refractivity contribution >= 4 is 82.4 Å². The van der Waals surface area contributed by atoms with Crippen LogP contribution in [0, 0.1) is 12.1 Å². The summed E-state index contributed by atoms with van der Waals surface area (Å²) in [6.07, 6.45) is 4.18. The fraction of sp³-hybridized carbons (Fsp3) is 0.0625. The molecule has 13 aromatic rings. The zero-order valence-corrected chi connectivity index (χ0v) is 41.5. The molecule has 9 aromatic carbocycles. The topological polar surface area (TPSA) is 53.4 Å². The van der Waals surface area contributed by atoms with Crippen LogP contribution in [0.5, 0.6) is 0 Å². The molecule has 0 amide bonds. The van der Waals surface area contributed by atoms with E-state index >= 15 is 0 Å². The van der Waals surface area contributed by atoms with Crippen LogP contribution in [0.1, 0.15) is 26.3 Å². The van der Waals surface area contributed by atoms with Gasteiger partial charge >= 0.3 is 0 Å². The minimum atomic E-state index is -0.240.